The zero-order valence-corrected chi connectivity index (χ0v) is 15.0. The normalized spacial score (nSPS) is 14.1. The highest BCUT2D eigenvalue weighted by Gasteiger charge is 2.17. The van der Waals surface area contributed by atoms with Gasteiger partial charge in [0.05, 0.1) is 0 Å². The maximum Gasteiger partial charge on any atom is 0.407 e. The molecule has 2 heterocycles. The van der Waals surface area contributed by atoms with Crippen LogP contribution in [-0.2, 0) is 0 Å². The van der Waals surface area contributed by atoms with Crippen molar-refractivity contribution < 1.29 is 9.90 Å². The number of aromatic nitrogens is 1. The molecule has 0 atom stereocenters. The Bertz CT molecular complexity index is 691. The van der Waals surface area contributed by atoms with E-state index in [0.717, 1.165) is 24.0 Å². The molecule has 1 N–H and O–H groups in total. The van der Waals surface area contributed by atoms with E-state index in [9.17, 15) is 4.79 Å². The van der Waals surface area contributed by atoms with Crippen LogP contribution in [0.2, 0.25) is 0 Å². The molecule has 1 amide bonds. The molecule has 0 spiro atoms. The highest BCUT2D eigenvalue weighted by molar-refractivity contribution is 14.0. The minimum atomic E-state index is -0.821. The van der Waals surface area contributed by atoms with Gasteiger partial charge in [-0.05, 0) is 47.7 Å². The maximum atomic E-state index is 10.9. The molecule has 1 aromatic carbocycles. The first-order chi connectivity index (χ1) is 10.7. The molecule has 4 nitrogen and oxygen atoms in total. The lowest BCUT2D eigenvalue weighted by molar-refractivity contribution is 0.142. The van der Waals surface area contributed by atoms with E-state index >= 15 is 0 Å². The molecular formula is C18H19IN2O2. The molecule has 1 aliphatic heterocycles. The Labute approximate surface area is 152 Å². The molecule has 0 unspecified atom stereocenters. The lowest BCUT2D eigenvalue weighted by Gasteiger charge is -2.25. The van der Waals surface area contributed by atoms with Crippen molar-refractivity contribution in [2.45, 2.75) is 12.8 Å². The van der Waals surface area contributed by atoms with Crippen molar-refractivity contribution in [3.05, 3.63) is 59.9 Å². The molecule has 0 saturated carbocycles. The second-order valence-corrected chi connectivity index (χ2v) is 5.43. The zero-order chi connectivity index (χ0) is 15.4. The lowest BCUT2D eigenvalue weighted by atomic mass is 9.99. The summed E-state index contributed by atoms with van der Waals surface area (Å²) >= 11 is 0. The SMILES string of the molecule is I.O=C(O)N1CCC(=Cc2cccc(-c3ccncc3)c2)CC1. The first-order valence-electron chi connectivity index (χ1n) is 7.40. The van der Waals surface area contributed by atoms with Crippen LogP contribution in [-0.4, -0.2) is 34.2 Å². The van der Waals surface area contributed by atoms with Crippen molar-refractivity contribution in [1.29, 1.82) is 0 Å². The number of pyridine rings is 1. The third-order valence-corrected chi connectivity index (χ3v) is 3.95. The van der Waals surface area contributed by atoms with Crippen LogP contribution in [0.1, 0.15) is 18.4 Å². The van der Waals surface area contributed by atoms with Crippen LogP contribution in [0.25, 0.3) is 17.2 Å². The lowest BCUT2D eigenvalue weighted by Crippen LogP contribution is -2.35. The summed E-state index contributed by atoms with van der Waals surface area (Å²) < 4.78 is 0. The van der Waals surface area contributed by atoms with Crippen LogP contribution in [0, 0.1) is 0 Å². The summed E-state index contributed by atoms with van der Waals surface area (Å²) in [6.45, 7) is 1.18. The highest BCUT2D eigenvalue weighted by Crippen LogP contribution is 2.23. The van der Waals surface area contributed by atoms with Gasteiger partial charge in [-0.3, -0.25) is 4.98 Å². The van der Waals surface area contributed by atoms with E-state index < -0.39 is 6.09 Å². The van der Waals surface area contributed by atoms with Gasteiger partial charge < -0.3 is 10.0 Å². The van der Waals surface area contributed by atoms with Gasteiger partial charge in [-0.25, -0.2) is 4.79 Å². The Morgan fingerprint density at radius 2 is 1.78 bits per heavy atom. The number of likely N-dealkylation sites (tertiary alicyclic amines) is 1. The molecular weight excluding hydrogens is 403 g/mol. The highest BCUT2D eigenvalue weighted by atomic mass is 127. The van der Waals surface area contributed by atoms with E-state index in [1.165, 1.54) is 16.0 Å². The smallest absolute Gasteiger partial charge is 0.407 e. The average Bonchev–Trinajstić information content (AvgIpc) is 2.56. The van der Waals surface area contributed by atoms with E-state index in [-0.39, 0.29) is 24.0 Å². The van der Waals surface area contributed by atoms with Gasteiger partial charge in [0.25, 0.3) is 0 Å². The molecule has 0 aliphatic carbocycles. The van der Waals surface area contributed by atoms with Crippen LogP contribution in [0.4, 0.5) is 4.79 Å². The molecule has 0 bridgehead atoms. The van der Waals surface area contributed by atoms with E-state index in [0.29, 0.717) is 13.1 Å². The first kappa shape index (κ1) is 17.5. The molecule has 0 radical (unpaired) electrons. The Morgan fingerprint density at radius 1 is 1.09 bits per heavy atom. The van der Waals surface area contributed by atoms with Crippen molar-refractivity contribution in [1.82, 2.24) is 9.88 Å². The topological polar surface area (TPSA) is 53.4 Å². The number of halogens is 1. The average molecular weight is 422 g/mol. The molecule has 1 aliphatic rings. The molecule has 1 saturated heterocycles. The van der Waals surface area contributed by atoms with Crippen LogP contribution in [0.15, 0.2) is 54.4 Å². The fraction of sp³-hybridized carbons (Fsp3) is 0.222. The fourth-order valence-corrected chi connectivity index (χ4v) is 2.72. The number of amides is 1. The van der Waals surface area contributed by atoms with E-state index in [2.05, 4.69) is 35.3 Å². The number of hydrogen-bond acceptors (Lipinski definition) is 2. The van der Waals surface area contributed by atoms with Crippen molar-refractivity contribution in [3.63, 3.8) is 0 Å². The molecule has 5 heteroatoms. The minimum absolute atomic E-state index is 0. The molecule has 1 aromatic heterocycles. The van der Waals surface area contributed by atoms with Crippen LogP contribution < -0.4 is 0 Å². The number of hydrogen-bond donors (Lipinski definition) is 1. The van der Waals surface area contributed by atoms with Gasteiger partial charge in [-0.2, -0.15) is 0 Å². The van der Waals surface area contributed by atoms with Crippen LogP contribution >= 0.6 is 24.0 Å². The van der Waals surface area contributed by atoms with Crippen molar-refractivity contribution in [2.24, 2.45) is 0 Å². The van der Waals surface area contributed by atoms with Crippen molar-refractivity contribution in [3.8, 4) is 11.1 Å². The summed E-state index contributed by atoms with van der Waals surface area (Å²) in [4.78, 5) is 16.4. The molecule has 120 valence electrons. The van der Waals surface area contributed by atoms with Gasteiger partial charge in [0.2, 0.25) is 0 Å². The summed E-state index contributed by atoms with van der Waals surface area (Å²) in [6.07, 6.45) is 6.57. The third-order valence-electron chi connectivity index (χ3n) is 3.95. The summed E-state index contributed by atoms with van der Waals surface area (Å²) in [7, 11) is 0. The Balaban J connectivity index is 0.00000192. The predicted octanol–water partition coefficient (Wildman–Crippen LogP) is 4.52. The monoisotopic (exact) mass is 422 g/mol. The van der Waals surface area contributed by atoms with Gasteiger partial charge in [-0.15, -0.1) is 24.0 Å². The number of carboxylic acid groups (broad SMARTS) is 1. The molecule has 3 rings (SSSR count). The second kappa shape index (κ2) is 8.10. The first-order valence-corrected chi connectivity index (χ1v) is 7.40. The van der Waals surface area contributed by atoms with Gasteiger partial charge in [0.1, 0.15) is 0 Å². The van der Waals surface area contributed by atoms with Crippen LogP contribution in [0.3, 0.4) is 0 Å². The summed E-state index contributed by atoms with van der Waals surface area (Å²) in [5.74, 6) is 0. The van der Waals surface area contributed by atoms with E-state index in [1.807, 2.05) is 12.1 Å². The Kier molecular flexibility index (Phi) is 6.15. The number of benzene rings is 1. The number of carbonyl (C=O) groups is 1. The summed E-state index contributed by atoms with van der Waals surface area (Å²) in [6, 6.07) is 12.4. The Morgan fingerprint density at radius 3 is 2.43 bits per heavy atom. The van der Waals surface area contributed by atoms with Crippen molar-refractivity contribution >= 4 is 36.1 Å². The number of nitrogens with zero attached hydrogens (tertiary/aromatic N) is 2. The standard InChI is InChI=1S/C18H18N2O2.HI/c21-18(22)20-10-6-14(7-11-20)12-15-2-1-3-17(13-15)16-4-8-19-9-5-16;/h1-5,8-9,12-13H,6-7,10-11H2,(H,21,22);1H. The van der Waals surface area contributed by atoms with Crippen molar-refractivity contribution in [2.75, 3.05) is 13.1 Å². The maximum absolute atomic E-state index is 10.9. The number of piperidine rings is 1. The largest absolute Gasteiger partial charge is 0.465 e. The minimum Gasteiger partial charge on any atom is -0.465 e. The van der Waals surface area contributed by atoms with E-state index in [4.69, 9.17) is 5.11 Å². The summed E-state index contributed by atoms with van der Waals surface area (Å²) in [5.41, 5.74) is 4.79. The number of rotatable bonds is 2. The van der Waals surface area contributed by atoms with Gasteiger partial charge in [-0.1, -0.05) is 29.8 Å². The van der Waals surface area contributed by atoms with E-state index in [1.54, 1.807) is 12.4 Å². The van der Waals surface area contributed by atoms with Crippen LogP contribution in [0.5, 0.6) is 0 Å². The third kappa shape index (κ3) is 4.54. The quantitative estimate of drug-likeness (QED) is 0.724. The Hall–Kier alpha value is -1.89. The predicted molar refractivity (Wildman–Crippen MR) is 102 cm³/mol. The molecule has 23 heavy (non-hydrogen) atoms. The summed E-state index contributed by atoms with van der Waals surface area (Å²) in [5, 5.41) is 8.98. The fourth-order valence-electron chi connectivity index (χ4n) is 2.72. The molecule has 1 fully saturated rings. The second-order valence-electron chi connectivity index (χ2n) is 5.43. The molecule has 2 aromatic rings. The van der Waals surface area contributed by atoms with Gasteiger partial charge in [0.15, 0.2) is 0 Å². The van der Waals surface area contributed by atoms with Gasteiger partial charge in [0, 0.05) is 25.5 Å². The zero-order valence-electron chi connectivity index (χ0n) is 12.7. The van der Waals surface area contributed by atoms with Gasteiger partial charge >= 0.3 is 6.09 Å².